The summed E-state index contributed by atoms with van der Waals surface area (Å²) < 4.78 is 20.5. The van der Waals surface area contributed by atoms with Crippen molar-refractivity contribution >= 4 is 29.1 Å². The van der Waals surface area contributed by atoms with Crippen molar-refractivity contribution in [1.82, 2.24) is 14.9 Å². The molecule has 0 spiro atoms. The third-order valence-corrected chi connectivity index (χ3v) is 4.66. The molecule has 3 aromatic rings. The van der Waals surface area contributed by atoms with E-state index in [0.29, 0.717) is 16.6 Å². The Morgan fingerprint density at radius 3 is 2.64 bits per heavy atom. The third-order valence-electron chi connectivity index (χ3n) is 4.11. The van der Waals surface area contributed by atoms with Crippen LogP contribution in [0.1, 0.15) is 23.9 Å². The number of imidazole rings is 1. The Morgan fingerprint density at radius 2 is 2.00 bits per heavy atom. The summed E-state index contributed by atoms with van der Waals surface area (Å²) in [6, 6.07) is 10.8. The molecule has 0 saturated heterocycles. The van der Waals surface area contributed by atoms with Crippen LogP contribution in [0.25, 0.3) is 0 Å². The fourth-order valence-corrected chi connectivity index (χ4v) is 2.97. The Hall–Kier alpha value is -2.57. The van der Waals surface area contributed by atoms with Crippen molar-refractivity contribution in [2.75, 3.05) is 6.61 Å². The molecule has 5 nitrogen and oxygen atoms in total. The van der Waals surface area contributed by atoms with Gasteiger partial charge in [-0.1, -0.05) is 35.3 Å². The normalized spacial score (nSPS) is 11.9. The third kappa shape index (κ3) is 5.03. The van der Waals surface area contributed by atoms with Gasteiger partial charge in [0.1, 0.15) is 23.4 Å². The molecule has 3 rings (SSSR count). The number of nitrogens with one attached hydrogen (secondary N) is 1. The number of amides is 1. The number of hydrogen-bond donors (Lipinski definition) is 1. The van der Waals surface area contributed by atoms with E-state index in [0.717, 1.165) is 5.56 Å². The monoisotopic (exact) mass is 421 g/mol. The first-order chi connectivity index (χ1) is 13.4. The Morgan fingerprint density at radius 1 is 1.25 bits per heavy atom. The van der Waals surface area contributed by atoms with Crippen LogP contribution >= 0.6 is 23.2 Å². The van der Waals surface area contributed by atoms with Crippen molar-refractivity contribution in [3.63, 3.8) is 0 Å². The predicted molar refractivity (Wildman–Crippen MR) is 106 cm³/mol. The fraction of sp³-hybridized carbons (Fsp3) is 0.200. The molecule has 28 heavy (non-hydrogen) atoms. The van der Waals surface area contributed by atoms with E-state index in [1.54, 1.807) is 18.3 Å². The van der Waals surface area contributed by atoms with Gasteiger partial charge in [0.2, 0.25) is 5.91 Å². The minimum absolute atomic E-state index is 0.0282. The molecule has 0 radical (unpaired) electrons. The van der Waals surface area contributed by atoms with Crippen molar-refractivity contribution in [2.24, 2.45) is 7.05 Å². The van der Waals surface area contributed by atoms with Crippen LogP contribution in [0, 0.1) is 5.82 Å². The molecule has 0 unspecified atom stereocenters. The Bertz CT molecular complexity index is 960. The molecule has 1 aromatic heterocycles. The van der Waals surface area contributed by atoms with E-state index >= 15 is 0 Å². The minimum Gasteiger partial charge on any atom is -0.493 e. The van der Waals surface area contributed by atoms with Gasteiger partial charge in [-0.3, -0.25) is 4.79 Å². The first kappa shape index (κ1) is 20.2. The summed E-state index contributed by atoms with van der Waals surface area (Å²) in [6.07, 6.45) is 3.60. The van der Waals surface area contributed by atoms with Crippen LogP contribution < -0.4 is 10.1 Å². The van der Waals surface area contributed by atoms with Crippen LogP contribution in [0.15, 0.2) is 54.9 Å². The average Bonchev–Trinajstić information content (AvgIpc) is 3.09. The molecule has 1 atom stereocenters. The van der Waals surface area contributed by atoms with Crippen LogP contribution in [0.4, 0.5) is 4.39 Å². The number of aryl methyl sites for hydroxylation is 1. The van der Waals surface area contributed by atoms with Crippen LogP contribution in [-0.4, -0.2) is 22.1 Å². The van der Waals surface area contributed by atoms with E-state index in [9.17, 15) is 9.18 Å². The molecule has 0 aliphatic carbocycles. The van der Waals surface area contributed by atoms with Gasteiger partial charge in [0.05, 0.1) is 18.1 Å². The highest BCUT2D eigenvalue weighted by atomic mass is 35.5. The summed E-state index contributed by atoms with van der Waals surface area (Å²) >= 11 is 11.7. The highest BCUT2D eigenvalue weighted by Crippen LogP contribution is 2.23. The number of aromatic nitrogens is 2. The lowest BCUT2D eigenvalue weighted by Gasteiger charge is -2.19. The molecule has 2 aromatic carbocycles. The summed E-state index contributed by atoms with van der Waals surface area (Å²) in [5.41, 5.74) is 0.860. The Labute approximate surface area is 172 Å². The lowest BCUT2D eigenvalue weighted by molar-refractivity contribution is -0.122. The average molecular weight is 422 g/mol. The van der Waals surface area contributed by atoms with Crippen LogP contribution in [0.3, 0.4) is 0 Å². The standard InChI is InChI=1S/C20H18Cl2FN3O2/c1-26-10-9-24-20(26)19(13-2-4-14(21)5-3-13)25-18(27)8-11-28-15-6-7-17(23)16(22)12-15/h2-7,9-10,12,19H,8,11H2,1H3,(H,25,27)/t19-/m1/s1. The van der Waals surface area contributed by atoms with Crippen LogP contribution in [0.5, 0.6) is 5.75 Å². The van der Waals surface area contributed by atoms with Crippen molar-refractivity contribution in [2.45, 2.75) is 12.5 Å². The number of carbonyl (C=O) groups is 1. The van der Waals surface area contributed by atoms with Crippen molar-refractivity contribution in [3.8, 4) is 5.75 Å². The van der Waals surface area contributed by atoms with Gasteiger partial charge in [-0.2, -0.15) is 0 Å². The zero-order valence-electron chi connectivity index (χ0n) is 15.0. The number of rotatable bonds is 7. The number of hydrogen-bond acceptors (Lipinski definition) is 3. The van der Waals surface area contributed by atoms with Gasteiger partial charge in [0.25, 0.3) is 0 Å². The van der Waals surface area contributed by atoms with Gasteiger partial charge in [-0.05, 0) is 29.8 Å². The first-order valence-electron chi connectivity index (χ1n) is 8.54. The highest BCUT2D eigenvalue weighted by molar-refractivity contribution is 6.31. The molecular weight excluding hydrogens is 404 g/mol. The van der Waals surface area contributed by atoms with Crippen molar-refractivity contribution in [1.29, 1.82) is 0 Å². The second-order valence-electron chi connectivity index (χ2n) is 6.12. The molecular formula is C20H18Cl2FN3O2. The number of halogens is 3. The molecule has 8 heteroatoms. The molecule has 0 saturated carbocycles. The van der Waals surface area contributed by atoms with Gasteiger partial charge in [-0.15, -0.1) is 0 Å². The van der Waals surface area contributed by atoms with E-state index in [2.05, 4.69) is 10.3 Å². The number of nitrogens with zero attached hydrogens (tertiary/aromatic N) is 2. The lowest BCUT2D eigenvalue weighted by atomic mass is 10.1. The lowest BCUT2D eigenvalue weighted by Crippen LogP contribution is -2.32. The molecule has 0 aliphatic heterocycles. The summed E-state index contributed by atoms with van der Waals surface area (Å²) in [5.74, 6) is 0.364. The Balaban J connectivity index is 1.65. The molecule has 146 valence electrons. The zero-order chi connectivity index (χ0) is 20.1. The summed E-state index contributed by atoms with van der Waals surface area (Å²) in [6.45, 7) is 0.127. The van der Waals surface area contributed by atoms with Gasteiger partial charge >= 0.3 is 0 Å². The second kappa shape index (κ2) is 9.08. The fourth-order valence-electron chi connectivity index (χ4n) is 2.67. The summed E-state index contributed by atoms with van der Waals surface area (Å²) in [5, 5.41) is 3.55. The van der Waals surface area contributed by atoms with Gasteiger partial charge in [0.15, 0.2) is 0 Å². The zero-order valence-corrected chi connectivity index (χ0v) is 16.5. The minimum atomic E-state index is -0.521. The van der Waals surface area contributed by atoms with Crippen LogP contribution in [0.2, 0.25) is 10.0 Å². The van der Waals surface area contributed by atoms with Gasteiger partial charge in [-0.25, -0.2) is 9.37 Å². The van der Waals surface area contributed by atoms with Crippen LogP contribution in [-0.2, 0) is 11.8 Å². The quantitative estimate of drug-likeness (QED) is 0.608. The molecule has 1 heterocycles. The Kier molecular flexibility index (Phi) is 6.54. The van der Waals surface area contributed by atoms with Crippen molar-refractivity contribution in [3.05, 3.63) is 82.1 Å². The maximum absolute atomic E-state index is 13.2. The largest absolute Gasteiger partial charge is 0.493 e. The highest BCUT2D eigenvalue weighted by Gasteiger charge is 2.20. The number of carbonyl (C=O) groups excluding carboxylic acids is 1. The first-order valence-corrected chi connectivity index (χ1v) is 9.29. The smallest absolute Gasteiger partial charge is 0.224 e. The molecule has 0 fully saturated rings. The van der Waals surface area contributed by atoms with Gasteiger partial charge in [0, 0.05) is 30.5 Å². The van der Waals surface area contributed by atoms with E-state index in [1.165, 1.54) is 18.2 Å². The molecule has 1 amide bonds. The summed E-state index contributed by atoms with van der Waals surface area (Å²) in [7, 11) is 1.86. The maximum Gasteiger partial charge on any atom is 0.224 e. The topological polar surface area (TPSA) is 56.2 Å². The van der Waals surface area contributed by atoms with E-state index in [4.69, 9.17) is 27.9 Å². The summed E-state index contributed by atoms with van der Waals surface area (Å²) in [4.78, 5) is 16.8. The number of ether oxygens (including phenoxy) is 1. The van der Waals surface area contributed by atoms with E-state index in [1.807, 2.05) is 29.9 Å². The molecule has 0 aliphatic rings. The second-order valence-corrected chi connectivity index (χ2v) is 6.97. The maximum atomic E-state index is 13.2. The molecule has 0 bridgehead atoms. The molecule has 1 N–H and O–H groups in total. The van der Waals surface area contributed by atoms with Crippen molar-refractivity contribution < 1.29 is 13.9 Å². The van der Waals surface area contributed by atoms with E-state index < -0.39 is 11.9 Å². The van der Waals surface area contributed by atoms with E-state index in [-0.39, 0.29) is 24.0 Å². The SMILES string of the molecule is Cn1ccnc1[C@H](NC(=O)CCOc1ccc(F)c(Cl)c1)c1ccc(Cl)cc1. The number of benzene rings is 2. The predicted octanol–water partition coefficient (Wildman–Crippen LogP) is 4.54. The van der Waals surface area contributed by atoms with Gasteiger partial charge < -0.3 is 14.6 Å².